The highest BCUT2D eigenvalue weighted by atomic mass is 35.5. The van der Waals surface area contributed by atoms with E-state index in [-0.39, 0.29) is 5.12 Å². The van der Waals surface area contributed by atoms with Gasteiger partial charge >= 0.3 is 0 Å². The predicted octanol–water partition coefficient (Wildman–Crippen LogP) is 1.55. The Bertz CT molecular complexity index is 153. The fourth-order valence-electron chi connectivity index (χ4n) is 0.183. The molecular formula is C5H5ClO2S. The summed E-state index contributed by atoms with van der Waals surface area (Å²) in [5, 5.41) is 0.727. The van der Waals surface area contributed by atoms with Crippen molar-refractivity contribution in [1.29, 1.82) is 0 Å². The van der Waals surface area contributed by atoms with Crippen LogP contribution < -0.4 is 0 Å². The maximum Gasteiger partial charge on any atom is 0.245 e. The van der Waals surface area contributed by atoms with Crippen LogP contribution in [0.15, 0.2) is 11.5 Å². The van der Waals surface area contributed by atoms with Crippen LogP contribution in [0, 0.1) is 0 Å². The van der Waals surface area contributed by atoms with Crippen molar-refractivity contribution in [2.45, 2.75) is 6.92 Å². The third-order valence-corrected chi connectivity index (χ3v) is 1.16. The Hall–Kier alpha value is -0.280. The minimum Gasteiger partial charge on any atom is -0.287 e. The van der Waals surface area contributed by atoms with Gasteiger partial charge in [-0.2, -0.15) is 0 Å². The van der Waals surface area contributed by atoms with Crippen molar-refractivity contribution in [3.8, 4) is 0 Å². The number of carbonyl (C=O) groups is 2. The van der Waals surface area contributed by atoms with Crippen molar-refractivity contribution in [2.75, 3.05) is 0 Å². The molecule has 0 unspecified atom stereocenters. The summed E-state index contributed by atoms with van der Waals surface area (Å²) >= 11 is 5.85. The standard InChI is InChI=1S/C5H5ClO2S/c1-4(7)9-3-2-5(6)8/h2-3H,1H3/b3-2+. The van der Waals surface area contributed by atoms with E-state index in [1.54, 1.807) is 0 Å². The molecule has 0 heterocycles. The first-order valence-electron chi connectivity index (χ1n) is 2.16. The van der Waals surface area contributed by atoms with Crippen molar-refractivity contribution in [3.63, 3.8) is 0 Å². The van der Waals surface area contributed by atoms with Gasteiger partial charge in [0.1, 0.15) is 0 Å². The van der Waals surface area contributed by atoms with Gasteiger partial charge in [0.25, 0.3) is 0 Å². The zero-order valence-corrected chi connectivity index (χ0v) is 6.33. The van der Waals surface area contributed by atoms with Gasteiger partial charge in [0, 0.05) is 13.0 Å². The van der Waals surface area contributed by atoms with E-state index in [9.17, 15) is 9.59 Å². The van der Waals surface area contributed by atoms with Crippen LogP contribution in [0.1, 0.15) is 6.92 Å². The molecule has 4 heteroatoms. The molecule has 2 nitrogen and oxygen atoms in total. The fourth-order valence-corrected chi connectivity index (χ4v) is 0.704. The molecular weight excluding hydrogens is 160 g/mol. The minimum absolute atomic E-state index is 0.0656. The first kappa shape index (κ1) is 8.72. The predicted molar refractivity (Wildman–Crippen MR) is 38.3 cm³/mol. The number of halogens is 1. The molecule has 0 aliphatic carbocycles. The van der Waals surface area contributed by atoms with Crippen molar-refractivity contribution in [1.82, 2.24) is 0 Å². The summed E-state index contributed by atoms with van der Waals surface area (Å²) in [5.74, 6) is 0. The van der Waals surface area contributed by atoms with Crippen LogP contribution in [0.5, 0.6) is 0 Å². The van der Waals surface area contributed by atoms with Gasteiger partial charge in [0.15, 0.2) is 5.12 Å². The molecule has 0 fully saturated rings. The average molecular weight is 165 g/mol. The zero-order valence-electron chi connectivity index (χ0n) is 4.76. The number of allylic oxidation sites excluding steroid dienone is 1. The van der Waals surface area contributed by atoms with E-state index in [4.69, 9.17) is 11.6 Å². The molecule has 0 aromatic rings. The number of hydrogen-bond donors (Lipinski definition) is 0. The lowest BCUT2D eigenvalue weighted by molar-refractivity contribution is -0.109. The van der Waals surface area contributed by atoms with Crippen LogP contribution >= 0.6 is 23.4 Å². The van der Waals surface area contributed by atoms with E-state index in [1.165, 1.54) is 12.3 Å². The van der Waals surface area contributed by atoms with Crippen molar-refractivity contribution < 1.29 is 9.59 Å². The van der Waals surface area contributed by atoms with E-state index in [0.717, 1.165) is 17.8 Å². The van der Waals surface area contributed by atoms with Crippen LogP contribution in [-0.2, 0) is 9.59 Å². The van der Waals surface area contributed by atoms with Gasteiger partial charge in [-0.1, -0.05) is 11.8 Å². The Morgan fingerprint density at radius 2 is 2.11 bits per heavy atom. The lowest BCUT2D eigenvalue weighted by Gasteiger charge is -1.79. The Labute approximate surface area is 62.3 Å². The van der Waals surface area contributed by atoms with E-state index in [0.29, 0.717) is 0 Å². The summed E-state index contributed by atoms with van der Waals surface area (Å²) in [6.07, 6.45) is 1.13. The van der Waals surface area contributed by atoms with Crippen molar-refractivity contribution >= 4 is 33.7 Å². The molecule has 0 spiro atoms. The van der Waals surface area contributed by atoms with Gasteiger partial charge in [-0.05, 0) is 17.0 Å². The number of rotatable bonds is 2. The van der Waals surface area contributed by atoms with Crippen LogP contribution in [0.4, 0.5) is 0 Å². The lowest BCUT2D eigenvalue weighted by atomic mass is 10.7. The second kappa shape index (κ2) is 4.58. The van der Waals surface area contributed by atoms with Gasteiger partial charge in [-0.3, -0.25) is 9.59 Å². The molecule has 0 N–H and O–H groups in total. The molecule has 50 valence electrons. The highest BCUT2D eigenvalue weighted by Gasteiger charge is 1.88. The Kier molecular flexibility index (Phi) is 4.44. The van der Waals surface area contributed by atoms with E-state index < -0.39 is 5.24 Å². The molecule has 0 atom stereocenters. The Morgan fingerprint density at radius 1 is 1.56 bits per heavy atom. The maximum atomic E-state index is 10.2. The van der Waals surface area contributed by atoms with Crippen LogP contribution in [-0.4, -0.2) is 10.4 Å². The molecule has 0 amide bonds. The van der Waals surface area contributed by atoms with Gasteiger partial charge in [-0.25, -0.2) is 0 Å². The highest BCUT2D eigenvalue weighted by Crippen LogP contribution is 2.02. The molecule has 0 aliphatic rings. The molecule has 0 saturated carbocycles. The van der Waals surface area contributed by atoms with Gasteiger partial charge in [0.05, 0.1) is 0 Å². The third-order valence-electron chi connectivity index (χ3n) is 0.433. The number of thioether (sulfide) groups is 1. The number of carbonyl (C=O) groups excluding carboxylic acids is 2. The maximum absolute atomic E-state index is 10.2. The molecule has 0 aromatic heterocycles. The summed E-state index contributed by atoms with van der Waals surface area (Å²) in [4.78, 5) is 20.2. The largest absolute Gasteiger partial charge is 0.287 e. The molecule has 0 rings (SSSR count). The molecule has 9 heavy (non-hydrogen) atoms. The third kappa shape index (κ3) is 7.72. The molecule has 0 saturated heterocycles. The minimum atomic E-state index is -0.566. The van der Waals surface area contributed by atoms with Crippen LogP contribution in [0.2, 0.25) is 0 Å². The lowest BCUT2D eigenvalue weighted by Crippen LogP contribution is -1.77. The Balaban J connectivity index is 3.48. The first-order valence-corrected chi connectivity index (χ1v) is 3.42. The monoisotopic (exact) mass is 164 g/mol. The summed E-state index contributed by atoms with van der Waals surface area (Å²) in [7, 11) is 0. The average Bonchev–Trinajstić information content (AvgIpc) is 1.63. The second-order valence-electron chi connectivity index (χ2n) is 1.22. The van der Waals surface area contributed by atoms with Crippen molar-refractivity contribution in [3.05, 3.63) is 11.5 Å². The molecule has 0 aliphatic heterocycles. The van der Waals surface area contributed by atoms with E-state index in [2.05, 4.69) is 0 Å². The quantitative estimate of drug-likeness (QED) is 0.459. The second-order valence-corrected chi connectivity index (χ2v) is 2.67. The molecule has 0 radical (unpaired) electrons. The fraction of sp³-hybridized carbons (Fsp3) is 0.200. The van der Waals surface area contributed by atoms with Crippen LogP contribution in [0.3, 0.4) is 0 Å². The first-order chi connectivity index (χ1) is 4.13. The van der Waals surface area contributed by atoms with Crippen molar-refractivity contribution in [2.24, 2.45) is 0 Å². The summed E-state index contributed by atoms with van der Waals surface area (Å²) in [6.45, 7) is 1.41. The zero-order chi connectivity index (χ0) is 7.28. The van der Waals surface area contributed by atoms with E-state index in [1.807, 2.05) is 0 Å². The smallest absolute Gasteiger partial charge is 0.245 e. The molecule has 0 aromatic carbocycles. The normalized spacial score (nSPS) is 10.0. The van der Waals surface area contributed by atoms with Gasteiger partial charge < -0.3 is 0 Å². The SMILES string of the molecule is CC(=O)S/C=C/C(=O)Cl. The summed E-state index contributed by atoms with van der Waals surface area (Å²) in [5.41, 5.74) is 0. The summed E-state index contributed by atoms with van der Waals surface area (Å²) < 4.78 is 0. The van der Waals surface area contributed by atoms with E-state index >= 15 is 0 Å². The van der Waals surface area contributed by atoms with Gasteiger partial charge in [-0.15, -0.1) is 0 Å². The topological polar surface area (TPSA) is 34.1 Å². The van der Waals surface area contributed by atoms with Crippen LogP contribution in [0.25, 0.3) is 0 Å². The van der Waals surface area contributed by atoms with Gasteiger partial charge in [0.2, 0.25) is 5.24 Å². The highest BCUT2D eigenvalue weighted by molar-refractivity contribution is 8.16. The Morgan fingerprint density at radius 3 is 2.44 bits per heavy atom. The number of hydrogen-bond acceptors (Lipinski definition) is 3. The molecule has 0 bridgehead atoms. The summed E-state index contributed by atoms with van der Waals surface area (Å²) in [6, 6.07) is 0.